The molecule has 0 radical (unpaired) electrons. The van der Waals surface area contributed by atoms with Crippen molar-refractivity contribution in [3.8, 4) is 0 Å². The lowest BCUT2D eigenvalue weighted by Crippen LogP contribution is -1.99. The molecule has 0 amide bonds. The van der Waals surface area contributed by atoms with Gasteiger partial charge in [-0.3, -0.25) is 0 Å². The van der Waals surface area contributed by atoms with Gasteiger partial charge in [0.15, 0.2) is 3.95 Å². The fourth-order valence-corrected chi connectivity index (χ4v) is 2.88. The van der Waals surface area contributed by atoms with Gasteiger partial charge < -0.3 is 17.2 Å². The molecule has 1 aromatic carbocycles. The number of aryl methyl sites for hydroxylation is 1. The van der Waals surface area contributed by atoms with Gasteiger partial charge in [-0.2, -0.15) is 5.75 Å². The maximum atomic E-state index is 5.25. The van der Waals surface area contributed by atoms with E-state index >= 15 is 0 Å². The standard InChI is InChI=1S/C9H9NS3/c11-6-5-10-7-3-1-2-4-8(7)13-9(10)12/h1-4,11H,5-6H2/p-1. The highest BCUT2D eigenvalue weighted by Crippen LogP contribution is 2.22. The average molecular weight is 226 g/mol. The summed E-state index contributed by atoms with van der Waals surface area (Å²) in [4.78, 5) is 0. The number of para-hydroxylation sites is 1. The molecule has 1 heterocycles. The number of rotatable bonds is 2. The maximum Gasteiger partial charge on any atom is 0.162 e. The van der Waals surface area contributed by atoms with Crippen LogP contribution in [0.3, 0.4) is 0 Å². The Morgan fingerprint density at radius 1 is 1.38 bits per heavy atom. The van der Waals surface area contributed by atoms with E-state index in [2.05, 4.69) is 16.7 Å². The van der Waals surface area contributed by atoms with Gasteiger partial charge in [0.1, 0.15) is 0 Å². The SMILES string of the molecule is S=c1sc2ccccc2n1CC[S-]. The van der Waals surface area contributed by atoms with Crippen molar-refractivity contribution in [3.05, 3.63) is 28.2 Å². The lowest BCUT2D eigenvalue weighted by molar-refractivity contribution is 0.805. The Morgan fingerprint density at radius 3 is 2.92 bits per heavy atom. The van der Waals surface area contributed by atoms with Crippen LogP contribution in [0.25, 0.3) is 10.2 Å². The second-order valence-corrected chi connectivity index (χ2v) is 4.78. The van der Waals surface area contributed by atoms with Crippen LogP contribution in [0.5, 0.6) is 0 Å². The largest absolute Gasteiger partial charge is 0.791 e. The van der Waals surface area contributed by atoms with Crippen molar-refractivity contribution in [3.63, 3.8) is 0 Å². The third-order valence-corrected chi connectivity index (χ3v) is 3.50. The number of nitrogens with zero attached hydrogens (tertiary/aromatic N) is 1. The smallest absolute Gasteiger partial charge is 0.162 e. The first kappa shape index (κ1) is 9.24. The van der Waals surface area contributed by atoms with Crippen molar-refractivity contribution >= 4 is 46.4 Å². The Morgan fingerprint density at radius 2 is 2.15 bits per heavy atom. The zero-order valence-corrected chi connectivity index (χ0v) is 9.35. The Bertz CT molecular complexity index is 469. The van der Waals surface area contributed by atoms with Crippen molar-refractivity contribution in [2.45, 2.75) is 6.54 Å². The van der Waals surface area contributed by atoms with Crippen LogP contribution >= 0.6 is 23.6 Å². The Kier molecular flexibility index (Phi) is 2.71. The quantitative estimate of drug-likeness (QED) is 0.573. The molecule has 0 atom stereocenters. The first-order valence-electron chi connectivity index (χ1n) is 3.99. The highest BCUT2D eigenvalue weighted by Gasteiger charge is 2.00. The van der Waals surface area contributed by atoms with Crippen molar-refractivity contribution in [2.24, 2.45) is 0 Å². The van der Waals surface area contributed by atoms with Gasteiger partial charge in [-0.05, 0) is 24.4 Å². The molecule has 0 aliphatic carbocycles. The van der Waals surface area contributed by atoms with E-state index in [1.165, 1.54) is 10.2 Å². The maximum absolute atomic E-state index is 5.25. The lowest BCUT2D eigenvalue weighted by atomic mass is 10.3. The van der Waals surface area contributed by atoms with Gasteiger partial charge in [0, 0.05) is 6.54 Å². The molecule has 0 aliphatic heterocycles. The summed E-state index contributed by atoms with van der Waals surface area (Å²) < 4.78 is 4.28. The van der Waals surface area contributed by atoms with E-state index in [1.54, 1.807) is 11.3 Å². The van der Waals surface area contributed by atoms with E-state index in [0.29, 0.717) is 0 Å². The zero-order valence-electron chi connectivity index (χ0n) is 6.90. The van der Waals surface area contributed by atoms with Gasteiger partial charge in [0.2, 0.25) is 0 Å². The Labute approximate surface area is 91.4 Å². The molecule has 0 saturated carbocycles. The number of hydrogen-bond donors (Lipinski definition) is 0. The first-order chi connectivity index (χ1) is 6.33. The Balaban J connectivity index is 2.71. The van der Waals surface area contributed by atoms with Crippen molar-refractivity contribution in [1.29, 1.82) is 0 Å². The molecule has 1 aromatic heterocycles. The summed E-state index contributed by atoms with van der Waals surface area (Å²) in [6, 6.07) is 8.25. The minimum Gasteiger partial charge on any atom is -0.791 e. The number of hydrogen-bond acceptors (Lipinski definition) is 3. The van der Waals surface area contributed by atoms with E-state index in [4.69, 9.17) is 24.8 Å². The second-order valence-electron chi connectivity index (χ2n) is 2.69. The normalized spacial score (nSPS) is 10.8. The fraction of sp³-hybridized carbons (Fsp3) is 0.222. The van der Waals surface area contributed by atoms with Gasteiger partial charge in [0.25, 0.3) is 0 Å². The first-order valence-corrected chi connectivity index (χ1v) is 5.79. The Hall–Kier alpha value is -0.320. The molecule has 0 fully saturated rings. The van der Waals surface area contributed by atoms with Crippen LogP contribution in [0.2, 0.25) is 0 Å². The third kappa shape index (κ3) is 1.66. The molecule has 13 heavy (non-hydrogen) atoms. The summed E-state index contributed by atoms with van der Waals surface area (Å²) >= 11 is 11.9. The number of thiazole rings is 1. The van der Waals surface area contributed by atoms with E-state index in [-0.39, 0.29) is 0 Å². The summed E-state index contributed by atoms with van der Waals surface area (Å²) in [5.41, 5.74) is 1.21. The number of benzene rings is 1. The van der Waals surface area contributed by atoms with Crippen LogP contribution in [-0.4, -0.2) is 10.3 Å². The van der Waals surface area contributed by atoms with Crippen LogP contribution in [-0.2, 0) is 19.2 Å². The summed E-state index contributed by atoms with van der Waals surface area (Å²) in [5.74, 6) is 0.717. The molecular formula is C9H8NS3-. The molecular weight excluding hydrogens is 218 g/mol. The van der Waals surface area contributed by atoms with E-state index in [9.17, 15) is 0 Å². The molecule has 0 saturated heterocycles. The fourth-order valence-electron chi connectivity index (χ4n) is 1.32. The predicted molar refractivity (Wildman–Crippen MR) is 62.9 cm³/mol. The van der Waals surface area contributed by atoms with Crippen LogP contribution in [0.4, 0.5) is 0 Å². The van der Waals surface area contributed by atoms with E-state index in [1.807, 2.05) is 12.1 Å². The minimum atomic E-state index is 0.717. The summed E-state index contributed by atoms with van der Waals surface area (Å²) in [5, 5.41) is 0. The number of fused-ring (bicyclic) bond motifs is 1. The third-order valence-electron chi connectivity index (χ3n) is 1.89. The number of aromatic nitrogens is 1. The van der Waals surface area contributed by atoms with Crippen LogP contribution in [0.15, 0.2) is 24.3 Å². The highest BCUT2D eigenvalue weighted by atomic mass is 32.1. The van der Waals surface area contributed by atoms with Gasteiger partial charge in [0.05, 0.1) is 10.2 Å². The van der Waals surface area contributed by atoms with Crippen molar-refractivity contribution < 1.29 is 0 Å². The molecule has 68 valence electrons. The molecule has 0 aliphatic rings. The average Bonchev–Trinajstić information content (AvgIpc) is 2.44. The van der Waals surface area contributed by atoms with Gasteiger partial charge in [-0.1, -0.05) is 12.1 Å². The topological polar surface area (TPSA) is 4.93 Å². The van der Waals surface area contributed by atoms with Gasteiger partial charge in [-0.25, -0.2) is 0 Å². The molecule has 1 nitrogen and oxygen atoms in total. The van der Waals surface area contributed by atoms with Crippen molar-refractivity contribution in [2.75, 3.05) is 5.75 Å². The highest BCUT2D eigenvalue weighted by molar-refractivity contribution is 7.73. The van der Waals surface area contributed by atoms with E-state index in [0.717, 1.165) is 16.3 Å². The predicted octanol–water partition coefficient (Wildman–Crippen LogP) is 2.98. The molecule has 0 spiro atoms. The summed E-state index contributed by atoms with van der Waals surface area (Å²) in [7, 11) is 0. The van der Waals surface area contributed by atoms with E-state index < -0.39 is 0 Å². The molecule has 2 rings (SSSR count). The minimum absolute atomic E-state index is 0.717. The molecule has 0 bridgehead atoms. The van der Waals surface area contributed by atoms with Crippen LogP contribution < -0.4 is 0 Å². The molecule has 0 unspecified atom stereocenters. The zero-order chi connectivity index (χ0) is 9.26. The molecule has 2 aromatic rings. The lowest BCUT2D eigenvalue weighted by Gasteiger charge is -2.06. The second kappa shape index (κ2) is 3.82. The summed E-state index contributed by atoms with van der Waals surface area (Å²) in [6.07, 6.45) is 0. The monoisotopic (exact) mass is 226 g/mol. The van der Waals surface area contributed by atoms with Crippen molar-refractivity contribution in [1.82, 2.24) is 4.57 Å². The molecule has 4 heteroatoms. The van der Waals surface area contributed by atoms with Crippen LogP contribution in [0, 0.1) is 3.95 Å². The summed E-state index contributed by atoms with van der Waals surface area (Å²) in [6.45, 7) is 0.845. The van der Waals surface area contributed by atoms with Gasteiger partial charge in [-0.15, -0.1) is 11.3 Å². The molecule has 0 N–H and O–H groups in total. The van der Waals surface area contributed by atoms with Crippen LogP contribution in [0.1, 0.15) is 0 Å². The van der Waals surface area contributed by atoms with Gasteiger partial charge >= 0.3 is 0 Å².